The third kappa shape index (κ3) is 5.81. The summed E-state index contributed by atoms with van der Waals surface area (Å²) in [7, 11) is 2.27. The molecule has 1 aliphatic carbocycles. The number of hydrogen-bond donors (Lipinski definition) is 1. The van der Waals surface area contributed by atoms with Crippen molar-refractivity contribution in [3.8, 4) is 6.07 Å². The van der Waals surface area contributed by atoms with Crippen molar-refractivity contribution in [3.63, 3.8) is 0 Å². The van der Waals surface area contributed by atoms with Gasteiger partial charge in [0.25, 0.3) is 0 Å². The van der Waals surface area contributed by atoms with Gasteiger partial charge in [-0.3, -0.25) is 5.32 Å². The Morgan fingerprint density at radius 2 is 1.90 bits per heavy atom. The lowest BCUT2D eigenvalue weighted by Gasteiger charge is -2.33. The SMILES string of the molecule is CCNC(C)(C#N)CCCCN(C)C1CCC(C)CC1. The average Bonchev–Trinajstić information content (AvgIpc) is 2.44. The fraction of sp³-hybridized carbons (Fsp3) is 0.941. The van der Waals surface area contributed by atoms with Crippen LogP contribution in [-0.4, -0.2) is 36.6 Å². The second-order valence-corrected chi connectivity index (χ2v) is 6.83. The van der Waals surface area contributed by atoms with E-state index >= 15 is 0 Å². The molecule has 1 unspecified atom stereocenters. The zero-order chi connectivity index (χ0) is 15.0. The molecule has 0 aromatic rings. The molecule has 1 aliphatic rings. The summed E-state index contributed by atoms with van der Waals surface area (Å²) in [5.41, 5.74) is -0.340. The Labute approximate surface area is 125 Å². The van der Waals surface area contributed by atoms with Crippen molar-refractivity contribution in [1.29, 1.82) is 5.26 Å². The number of nitriles is 1. The van der Waals surface area contributed by atoms with Crippen molar-refractivity contribution in [2.24, 2.45) is 5.92 Å². The Kier molecular flexibility index (Phi) is 7.55. The highest BCUT2D eigenvalue weighted by atomic mass is 15.1. The van der Waals surface area contributed by atoms with Crippen LogP contribution in [0, 0.1) is 17.2 Å². The highest BCUT2D eigenvalue weighted by Crippen LogP contribution is 2.26. The minimum atomic E-state index is -0.340. The van der Waals surface area contributed by atoms with Crippen LogP contribution in [0.1, 0.15) is 65.7 Å². The maximum Gasteiger partial charge on any atom is 0.103 e. The summed E-state index contributed by atoms with van der Waals surface area (Å²) in [5.74, 6) is 0.927. The molecule has 0 amide bonds. The van der Waals surface area contributed by atoms with E-state index in [0.29, 0.717) is 0 Å². The molecule has 0 heterocycles. The monoisotopic (exact) mass is 279 g/mol. The van der Waals surface area contributed by atoms with Crippen molar-refractivity contribution < 1.29 is 0 Å². The number of unbranched alkanes of at least 4 members (excludes halogenated alkanes) is 1. The van der Waals surface area contributed by atoms with Gasteiger partial charge in [0.05, 0.1) is 6.07 Å². The largest absolute Gasteiger partial charge is 0.303 e. The summed E-state index contributed by atoms with van der Waals surface area (Å²) in [6.07, 6.45) is 8.79. The van der Waals surface area contributed by atoms with E-state index in [1.54, 1.807) is 0 Å². The van der Waals surface area contributed by atoms with Crippen molar-refractivity contribution in [1.82, 2.24) is 10.2 Å². The van der Waals surface area contributed by atoms with E-state index in [2.05, 4.69) is 37.2 Å². The van der Waals surface area contributed by atoms with Crippen LogP contribution in [0.25, 0.3) is 0 Å². The van der Waals surface area contributed by atoms with E-state index in [0.717, 1.165) is 31.3 Å². The normalized spacial score (nSPS) is 26.2. The third-order valence-electron chi connectivity index (χ3n) is 4.86. The molecule has 0 aliphatic heterocycles. The zero-order valence-electron chi connectivity index (χ0n) is 13.9. The summed E-state index contributed by atoms with van der Waals surface area (Å²) < 4.78 is 0. The van der Waals surface area contributed by atoms with Gasteiger partial charge in [0.2, 0.25) is 0 Å². The Morgan fingerprint density at radius 3 is 2.45 bits per heavy atom. The lowest BCUT2D eigenvalue weighted by Crippen LogP contribution is -2.41. The minimum absolute atomic E-state index is 0.340. The highest BCUT2D eigenvalue weighted by Gasteiger charge is 2.23. The summed E-state index contributed by atoms with van der Waals surface area (Å²) >= 11 is 0. The van der Waals surface area contributed by atoms with Gasteiger partial charge in [-0.15, -0.1) is 0 Å². The first-order valence-electron chi connectivity index (χ1n) is 8.37. The quantitative estimate of drug-likeness (QED) is 0.691. The second kappa shape index (κ2) is 8.64. The molecule has 0 aromatic carbocycles. The van der Waals surface area contributed by atoms with Gasteiger partial charge in [0, 0.05) is 6.04 Å². The fourth-order valence-electron chi connectivity index (χ4n) is 3.28. The van der Waals surface area contributed by atoms with Crippen LogP contribution < -0.4 is 5.32 Å². The molecule has 1 atom stereocenters. The van der Waals surface area contributed by atoms with Gasteiger partial charge in [-0.25, -0.2) is 0 Å². The Bertz CT molecular complexity index is 302. The highest BCUT2D eigenvalue weighted by molar-refractivity contribution is 5.03. The Balaban J connectivity index is 2.19. The average molecular weight is 279 g/mol. The van der Waals surface area contributed by atoms with Crippen LogP contribution in [0.2, 0.25) is 0 Å². The van der Waals surface area contributed by atoms with Crippen molar-refractivity contribution >= 4 is 0 Å². The molecule has 3 heteroatoms. The molecule has 0 spiro atoms. The number of nitrogens with zero attached hydrogens (tertiary/aromatic N) is 2. The molecule has 0 bridgehead atoms. The first-order chi connectivity index (χ1) is 9.50. The van der Waals surface area contributed by atoms with Gasteiger partial charge in [0.15, 0.2) is 0 Å². The van der Waals surface area contributed by atoms with Crippen LogP contribution in [0.15, 0.2) is 0 Å². The van der Waals surface area contributed by atoms with E-state index in [4.69, 9.17) is 0 Å². The van der Waals surface area contributed by atoms with Crippen LogP contribution in [-0.2, 0) is 0 Å². The topological polar surface area (TPSA) is 39.1 Å². The van der Waals surface area contributed by atoms with E-state index in [1.165, 1.54) is 38.6 Å². The van der Waals surface area contributed by atoms with E-state index in [1.807, 2.05) is 6.92 Å². The molecule has 116 valence electrons. The molecule has 1 rings (SSSR count). The number of hydrogen-bond acceptors (Lipinski definition) is 3. The zero-order valence-corrected chi connectivity index (χ0v) is 13.9. The van der Waals surface area contributed by atoms with Crippen molar-refractivity contribution in [3.05, 3.63) is 0 Å². The van der Waals surface area contributed by atoms with Crippen molar-refractivity contribution in [2.45, 2.75) is 77.3 Å². The van der Waals surface area contributed by atoms with Crippen LogP contribution in [0.4, 0.5) is 0 Å². The number of rotatable bonds is 8. The first kappa shape index (κ1) is 17.5. The lowest BCUT2D eigenvalue weighted by atomic mass is 9.86. The summed E-state index contributed by atoms with van der Waals surface area (Å²) in [4.78, 5) is 2.54. The van der Waals surface area contributed by atoms with Gasteiger partial charge < -0.3 is 4.90 Å². The van der Waals surface area contributed by atoms with E-state index in [9.17, 15) is 5.26 Å². The number of nitrogens with one attached hydrogen (secondary N) is 1. The fourth-order valence-corrected chi connectivity index (χ4v) is 3.28. The van der Waals surface area contributed by atoms with Gasteiger partial charge in [-0.1, -0.05) is 13.8 Å². The molecular formula is C17H33N3. The molecule has 3 nitrogen and oxygen atoms in total. The van der Waals surface area contributed by atoms with Crippen LogP contribution >= 0.6 is 0 Å². The molecule has 1 fully saturated rings. The smallest absolute Gasteiger partial charge is 0.103 e. The predicted molar refractivity (Wildman–Crippen MR) is 85.6 cm³/mol. The van der Waals surface area contributed by atoms with Crippen LogP contribution in [0.3, 0.4) is 0 Å². The second-order valence-electron chi connectivity index (χ2n) is 6.83. The standard InChI is InChI=1S/C17H33N3/c1-5-19-17(3,14-18)12-6-7-13-20(4)16-10-8-15(2)9-11-16/h15-16,19H,5-13H2,1-4H3. The molecule has 0 radical (unpaired) electrons. The van der Waals surface area contributed by atoms with E-state index < -0.39 is 0 Å². The third-order valence-corrected chi connectivity index (χ3v) is 4.86. The summed E-state index contributed by atoms with van der Waals surface area (Å²) in [6, 6.07) is 3.20. The van der Waals surface area contributed by atoms with E-state index in [-0.39, 0.29) is 5.54 Å². The maximum atomic E-state index is 9.23. The first-order valence-corrected chi connectivity index (χ1v) is 8.37. The van der Waals surface area contributed by atoms with Gasteiger partial charge in [-0.2, -0.15) is 5.26 Å². The Morgan fingerprint density at radius 1 is 1.25 bits per heavy atom. The van der Waals surface area contributed by atoms with Crippen molar-refractivity contribution in [2.75, 3.05) is 20.1 Å². The van der Waals surface area contributed by atoms with Gasteiger partial charge in [0.1, 0.15) is 5.54 Å². The minimum Gasteiger partial charge on any atom is -0.303 e. The molecule has 0 saturated heterocycles. The lowest BCUT2D eigenvalue weighted by molar-refractivity contribution is 0.167. The molecule has 1 saturated carbocycles. The molecule has 20 heavy (non-hydrogen) atoms. The van der Waals surface area contributed by atoms with Gasteiger partial charge in [-0.05, 0) is 77.9 Å². The molecular weight excluding hydrogens is 246 g/mol. The Hall–Kier alpha value is -0.590. The molecule has 1 N–H and O–H groups in total. The predicted octanol–water partition coefficient (Wildman–Crippen LogP) is 3.56. The summed E-state index contributed by atoms with van der Waals surface area (Å²) in [5, 5.41) is 12.5. The summed E-state index contributed by atoms with van der Waals surface area (Å²) in [6.45, 7) is 8.49. The van der Waals surface area contributed by atoms with Crippen LogP contribution in [0.5, 0.6) is 0 Å². The maximum absolute atomic E-state index is 9.23. The molecule has 0 aromatic heterocycles. The van der Waals surface area contributed by atoms with Gasteiger partial charge >= 0.3 is 0 Å².